The SMILES string of the molecule is CN[C@@H](C)C(=O)N[C@H]1CN(C(=O)c2ccc(C(C)(C)OC(=O)C(F)(F)F)cc2)c2ccccc2N(Cc2c(OC)ccc3cc(Br)ccc23)C1=O. The number of amides is 3. The van der Waals surface area contributed by atoms with Crippen molar-refractivity contribution in [3.8, 4) is 5.75 Å². The van der Waals surface area contributed by atoms with Crippen LogP contribution in [-0.4, -0.2) is 62.7 Å². The van der Waals surface area contributed by atoms with Crippen LogP contribution in [0.25, 0.3) is 10.8 Å². The minimum Gasteiger partial charge on any atom is -0.496 e. The quantitative estimate of drug-likeness (QED) is 0.194. The van der Waals surface area contributed by atoms with Crippen LogP contribution in [0, 0.1) is 0 Å². The van der Waals surface area contributed by atoms with Gasteiger partial charge < -0.3 is 29.9 Å². The lowest BCUT2D eigenvalue weighted by Gasteiger charge is -2.27. The highest BCUT2D eigenvalue weighted by Crippen LogP contribution is 2.38. The van der Waals surface area contributed by atoms with E-state index in [-0.39, 0.29) is 24.2 Å². The summed E-state index contributed by atoms with van der Waals surface area (Å²) < 4.78 is 50.0. The monoisotopic (exact) mass is 768 g/mol. The number of benzene rings is 4. The Kier molecular flexibility index (Phi) is 10.8. The van der Waals surface area contributed by atoms with Crippen molar-refractivity contribution in [1.29, 1.82) is 0 Å². The van der Waals surface area contributed by atoms with Gasteiger partial charge in [-0.1, -0.05) is 52.3 Å². The van der Waals surface area contributed by atoms with Crippen LogP contribution < -0.4 is 25.2 Å². The second kappa shape index (κ2) is 14.7. The first-order valence-corrected chi connectivity index (χ1v) is 16.7. The lowest BCUT2D eigenvalue weighted by molar-refractivity contribution is -0.212. The van der Waals surface area contributed by atoms with Crippen LogP contribution in [0.5, 0.6) is 5.75 Å². The second-order valence-corrected chi connectivity index (χ2v) is 13.4. The van der Waals surface area contributed by atoms with Gasteiger partial charge in [-0.05, 0) is 86.6 Å². The highest BCUT2D eigenvalue weighted by molar-refractivity contribution is 9.10. The standard InChI is InChI=1S/C37H36BrF3N4O6/c1-21(42-4)32(46)43-28-20-45(33(47)22-10-13-24(14-11-22)36(2,3)51-35(49)37(39,40)41)30-9-7-6-8-29(30)44(34(28)48)19-27-26-16-15-25(38)18-23(26)12-17-31(27)50-5/h6-18,21,28,42H,19-20H2,1-5H3,(H,43,46)/t21-,28-/m0/s1. The van der Waals surface area contributed by atoms with Gasteiger partial charge in [0, 0.05) is 15.6 Å². The molecule has 0 radical (unpaired) electrons. The van der Waals surface area contributed by atoms with Gasteiger partial charge in [0.05, 0.1) is 37.6 Å². The van der Waals surface area contributed by atoms with Crippen LogP contribution in [0.15, 0.2) is 83.3 Å². The third-order valence-corrected chi connectivity index (χ3v) is 9.27. The first-order chi connectivity index (χ1) is 24.0. The molecule has 4 aromatic rings. The van der Waals surface area contributed by atoms with E-state index in [0.29, 0.717) is 22.7 Å². The minimum absolute atomic E-state index is 0.0361. The maximum atomic E-state index is 14.6. The number of hydrogen-bond donors (Lipinski definition) is 2. The largest absolute Gasteiger partial charge is 0.496 e. The van der Waals surface area contributed by atoms with Crippen molar-refractivity contribution in [2.75, 3.05) is 30.5 Å². The number of likely N-dealkylation sites (N-methyl/N-ethyl adjacent to an activating group) is 1. The van der Waals surface area contributed by atoms with Crippen LogP contribution in [0.3, 0.4) is 0 Å². The maximum absolute atomic E-state index is 14.6. The molecule has 51 heavy (non-hydrogen) atoms. The van der Waals surface area contributed by atoms with Crippen molar-refractivity contribution in [2.24, 2.45) is 0 Å². The molecular weight excluding hydrogens is 733 g/mol. The van der Waals surface area contributed by atoms with E-state index in [2.05, 4.69) is 26.6 Å². The van der Waals surface area contributed by atoms with E-state index < -0.39 is 47.6 Å². The van der Waals surface area contributed by atoms with E-state index in [9.17, 15) is 32.3 Å². The van der Waals surface area contributed by atoms with Crippen LogP contribution >= 0.6 is 15.9 Å². The summed E-state index contributed by atoms with van der Waals surface area (Å²) in [5.41, 5.74) is 0.207. The molecule has 1 aliphatic heterocycles. The van der Waals surface area contributed by atoms with Gasteiger partial charge in [0.15, 0.2) is 0 Å². The summed E-state index contributed by atoms with van der Waals surface area (Å²) >= 11 is 3.51. The molecule has 0 aromatic heterocycles. The van der Waals surface area contributed by atoms with Crippen LogP contribution in [0.4, 0.5) is 24.5 Å². The Morgan fingerprint density at radius 3 is 2.27 bits per heavy atom. The molecule has 0 unspecified atom stereocenters. The molecule has 2 atom stereocenters. The molecule has 4 aromatic carbocycles. The first-order valence-electron chi connectivity index (χ1n) is 15.9. The highest BCUT2D eigenvalue weighted by Gasteiger charge is 2.44. The number of para-hydroxylation sites is 2. The van der Waals surface area contributed by atoms with Gasteiger partial charge in [0.25, 0.3) is 11.8 Å². The Balaban J connectivity index is 1.57. The Morgan fingerprint density at radius 1 is 0.980 bits per heavy atom. The van der Waals surface area contributed by atoms with Gasteiger partial charge in [0.2, 0.25) is 5.91 Å². The molecule has 0 fully saturated rings. The van der Waals surface area contributed by atoms with Gasteiger partial charge in [0.1, 0.15) is 17.4 Å². The number of methoxy groups -OCH3 is 1. The number of alkyl halides is 3. The molecule has 0 saturated carbocycles. The van der Waals surface area contributed by atoms with E-state index in [4.69, 9.17) is 9.47 Å². The molecule has 268 valence electrons. The summed E-state index contributed by atoms with van der Waals surface area (Å²) in [6.45, 7) is 4.06. The molecule has 1 aliphatic rings. The fourth-order valence-electron chi connectivity index (χ4n) is 5.85. The van der Waals surface area contributed by atoms with Crippen LogP contribution in [-0.2, 0) is 31.3 Å². The molecule has 0 saturated heterocycles. The average molecular weight is 770 g/mol. The number of carbonyl (C=O) groups excluding carboxylic acids is 4. The average Bonchev–Trinajstić information content (AvgIpc) is 3.21. The fraction of sp³-hybridized carbons (Fsp3) is 0.297. The number of ether oxygens (including phenoxy) is 2. The zero-order valence-electron chi connectivity index (χ0n) is 28.4. The van der Waals surface area contributed by atoms with Crippen LogP contribution in [0.1, 0.15) is 42.3 Å². The summed E-state index contributed by atoms with van der Waals surface area (Å²) in [6.07, 6.45) is -5.18. The van der Waals surface area contributed by atoms with E-state index in [0.717, 1.165) is 15.2 Å². The molecule has 10 nitrogen and oxygen atoms in total. The molecule has 2 N–H and O–H groups in total. The van der Waals surface area contributed by atoms with Gasteiger partial charge in [-0.15, -0.1) is 0 Å². The van der Waals surface area contributed by atoms with Gasteiger partial charge in [-0.3, -0.25) is 14.4 Å². The predicted octanol–water partition coefficient (Wildman–Crippen LogP) is 6.24. The van der Waals surface area contributed by atoms with Crippen molar-refractivity contribution < 1.29 is 41.8 Å². The van der Waals surface area contributed by atoms with E-state index in [1.165, 1.54) is 55.0 Å². The number of anilines is 2. The molecular formula is C37H36BrF3N4O6. The summed E-state index contributed by atoms with van der Waals surface area (Å²) in [4.78, 5) is 56.5. The molecule has 0 spiro atoms. The summed E-state index contributed by atoms with van der Waals surface area (Å²) in [6, 6.07) is 20.1. The third-order valence-electron chi connectivity index (χ3n) is 8.77. The number of nitrogens with one attached hydrogen (secondary N) is 2. The summed E-state index contributed by atoms with van der Waals surface area (Å²) in [5.74, 6) is -3.25. The number of nitrogens with zero attached hydrogens (tertiary/aromatic N) is 2. The minimum atomic E-state index is -5.18. The molecule has 1 heterocycles. The smallest absolute Gasteiger partial charge is 0.490 e. The Bertz CT molecular complexity index is 1990. The van der Waals surface area contributed by atoms with E-state index in [1.54, 1.807) is 38.2 Å². The third kappa shape index (κ3) is 7.86. The second-order valence-electron chi connectivity index (χ2n) is 12.5. The molecule has 14 heteroatoms. The van der Waals surface area contributed by atoms with Gasteiger partial charge in [-0.2, -0.15) is 13.2 Å². The lowest BCUT2D eigenvalue weighted by atomic mass is 9.96. The number of halogens is 4. The van der Waals surface area contributed by atoms with Crippen molar-refractivity contribution in [2.45, 2.75) is 51.2 Å². The van der Waals surface area contributed by atoms with Crippen molar-refractivity contribution in [3.05, 3.63) is 100 Å². The Labute approximate surface area is 301 Å². The Hall–Kier alpha value is -4.95. The number of fused-ring (bicyclic) bond motifs is 2. The molecule has 5 rings (SSSR count). The van der Waals surface area contributed by atoms with Gasteiger partial charge in [-0.25, -0.2) is 4.79 Å². The fourth-order valence-corrected chi connectivity index (χ4v) is 6.23. The van der Waals surface area contributed by atoms with E-state index in [1.807, 2.05) is 30.3 Å². The molecule has 3 amide bonds. The summed E-state index contributed by atoms with van der Waals surface area (Å²) in [7, 11) is 3.15. The van der Waals surface area contributed by atoms with Crippen LogP contribution in [0.2, 0.25) is 0 Å². The highest BCUT2D eigenvalue weighted by atomic mass is 79.9. The number of esters is 1. The zero-order valence-corrected chi connectivity index (χ0v) is 30.0. The van der Waals surface area contributed by atoms with Crippen molar-refractivity contribution in [1.82, 2.24) is 10.6 Å². The summed E-state index contributed by atoms with van der Waals surface area (Å²) in [5, 5.41) is 7.42. The Morgan fingerprint density at radius 2 is 1.65 bits per heavy atom. The maximum Gasteiger partial charge on any atom is 0.490 e. The zero-order chi connectivity index (χ0) is 37.2. The van der Waals surface area contributed by atoms with Gasteiger partial charge >= 0.3 is 12.1 Å². The lowest BCUT2D eigenvalue weighted by Crippen LogP contribution is -2.55. The number of hydrogen-bond acceptors (Lipinski definition) is 7. The topological polar surface area (TPSA) is 117 Å². The normalized spacial score (nSPS) is 15.5. The predicted molar refractivity (Wildman–Crippen MR) is 190 cm³/mol. The first kappa shape index (κ1) is 37.3. The van der Waals surface area contributed by atoms with Crippen molar-refractivity contribution in [3.63, 3.8) is 0 Å². The number of carbonyl (C=O) groups is 4. The molecule has 0 aliphatic carbocycles. The van der Waals surface area contributed by atoms with E-state index >= 15 is 0 Å². The molecule has 0 bridgehead atoms. The number of rotatable bonds is 9. The van der Waals surface area contributed by atoms with Crippen molar-refractivity contribution >= 4 is 61.8 Å².